The number of carbonyl (C=O) groups is 1. The number of piperidine rings is 1. The van der Waals surface area contributed by atoms with Gasteiger partial charge in [-0.1, -0.05) is 29.8 Å². The Morgan fingerprint density at radius 2 is 1.93 bits per heavy atom. The standard InChI is InChI=1S/C24H30N4O2/c1-15-7-9-19(10-8-15)11-12-25-23(29)20-6-5-13-28(14-20)22-21-16(2)17(3)30-24(21)27-18(4)26-22/h7-10,20H,5-6,11-14H2,1-4H3,(H,25,29)/t20-/m1/s1. The zero-order chi connectivity index (χ0) is 21.3. The lowest BCUT2D eigenvalue weighted by molar-refractivity contribution is -0.125. The molecule has 3 heterocycles. The fourth-order valence-electron chi connectivity index (χ4n) is 4.17. The van der Waals surface area contributed by atoms with E-state index in [1.54, 1.807) is 0 Å². The molecular formula is C24H30N4O2. The van der Waals surface area contributed by atoms with Gasteiger partial charge in [0.2, 0.25) is 11.6 Å². The Balaban J connectivity index is 1.44. The van der Waals surface area contributed by atoms with Crippen molar-refractivity contribution < 1.29 is 9.21 Å². The number of benzene rings is 1. The molecule has 158 valence electrons. The van der Waals surface area contributed by atoms with Crippen LogP contribution in [-0.4, -0.2) is 35.5 Å². The molecule has 1 aromatic carbocycles. The first-order valence-corrected chi connectivity index (χ1v) is 10.7. The van der Waals surface area contributed by atoms with E-state index in [2.05, 4.69) is 46.4 Å². The summed E-state index contributed by atoms with van der Waals surface area (Å²) in [6, 6.07) is 8.48. The summed E-state index contributed by atoms with van der Waals surface area (Å²) in [7, 11) is 0. The highest BCUT2D eigenvalue weighted by Crippen LogP contribution is 2.33. The maximum atomic E-state index is 12.8. The Morgan fingerprint density at radius 1 is 1.17 bits per heavy atom. The molecule has 0 unspecified atom stereocenters. The average molecular weight is 407 g/mol. The average Bonchev–Trinajstić information content (AvgIpc) is 3.02. The summed E-state index contributed by atoms with van der Waals surface area (Å²) < 4.78 is 5.83. The Bertz CT molecular complexity index is 1060. The molecule has 4 rings (SSSR count). The van der Waals surface area contributed by atoms with Crippen molar-refractivity contribution in [2.24, 2.45) is 5.92 Å². The molecule has 6 heteroatoms. The minimum atomic E-state index is -0.0320. The van der Waals surface area contributed by atoms with Gasteiger partial charge in [0.25, 0.3) is 0 Å². The van der Waals surface area contributed by atoms with E-state index in [-0.39, 0.29) is 11.8 Å². The number of aryl methyl sites for hydroxylation is 4. The van der Waals surface area contributed by atoms with Crippen molar-refractivity contribution in [1.29, 1.82) is 0 Å². The normalized spacial score (nSPS) is 16.8. The third-order valence-corrected chi connectivity index (χ3v) is 6.05. The quantitative estimate of drug-likeness (QED) is 0.693. The van der Waals surface area contributed by atoms with Crippen molar-refractivity contribution >= 4 is 22.8 Å². The summed E-state index contributed by atoms with van der Waals surface area (Å²) in [6.07, 6.45) is 2.72. The number of aromatic nitrogens is 2. The van der Waals surface area contributed by atoms with E-state index in [0.717, 1.165) is 48.3 Å². The summed E-state index contributed by atoms with van der Waals surface area (Å²) >= 11 is 0. The van der Waals surface area contributed by atoms with Crippen molar-refractivity contribution in [2.75, 3.05) is 24.5 Å². The second-order valence-corrected chi connectivity index (χ2v) is 8.37. The summed E-state index contributed by atoms with van der Waals surface area (Å²) in [5, 5.41) is 4.11. The summed E-state index contributed by atoms with van der Waals surface area (Å²) in [4.78, 5) is 24.2. The maximum absolute atomic E-state index is 12.8. The van der Waals surface area contributed by atoms with Gasteiger partial charge >= 0.3 is 0 Å². The van der Waals surface area contributed by atoms with Gasteiger partial charge in [-0.2, -0.15) is 4.98 Å². The second-order valence-electron chi connectivity index (χ2n) is 8.37. The van der Waals surface area contributed by atoms with Gasteiger partial charge in [0.1, 0.15) is 17.4 Å². The fourth-order valence-corrected chi connectivity index (χ4v) is 4.17. The van der Waals surface area contributed by atoms with Gasteiger partial charge in [-0.25, -0.2) is 4.98 Å². The highest BCUT2D eigenvalue weighted by Gasteiger charge is 2.29. The van der Waals surface area contributed by atoms with E-state index < -0.39 is 0 Å². The minimum Gasteiger partial charge on any atom is -0.443 e. The molecule has 30 heavy (non-hydrogen) atoms. The minimum absolute atomic E-state index is 0.0320. The number of furan rings is 1. The van der Waals surface area contributed by atoms with E-state index >= 15 is 0 Å². The first-order chi connectivity index (χ1) is 14.4. The van der Waals surface area contributed by atoms with Gasteiger partial charge in [-0.05, 0) is 52.5 Å². The Kier molecular flexibility index (Phi) is 5.75. The van der Waals surface area contributed by atoms with Crippen LogP contribution in [0.3, 0.4) is 0 Å². The van der Waals surface area contributed by atoms with E-state index in [4.69, 9.17) is 9.40 Å². The van der Waals surface area contributed by atoms with Crippen molar-refractivity contribution in [3.8, 4) is 0 Å². The number of nitrogens with zero attached hydrogens (tertiary/aromatic N) is 3. The molecule has 1 amide bonds. The van der Waals surface area contributed by atoms with Gasteiger partial charge in [-0.3, -0.25) is 4.79 Å². The predicted molar refractivity (Wildman–Crippen MR) is 119 cm³/mol. The second kappa shape index (κ2) is 8.46. The molecule has 2 aromatic heterocycles. The number of hydrogen-bond donors (Lipinski definition) is 1. The lowest BCUT2D eigenvalue weighted by Gasteiger charge is -2.33. The van der Waals surface area contributed by atoms with Crippen LogP contribution in [0.2, 0.25) is 0 Å². The third kappa shape index (κ3) is 4.18. The lowest BCUT2D eigenvalue weighted by atomic mass is 9.96. The number of fused-ring (bicyclic) bond motifs is 1. The molecule has 0 spiro atoms. The van der Waals surface area contributed by atoms with Gasteiger partial charge in [0.15, 0.2) is 0 Å². The van der Waals surface area contributed by atoms with Crippen molar-refractivity contribution in [2.45, 2.75) is 47.0 Å². The third-order valence-electron chi connectivity index (χ3n) is 6.05. The molecule has 1 fully saturated rings. The maximum Gasteiger partial charge on any atom is 0.231 e. The van der Waals surface area contributed by atoms with Crippen LogP contribution in [0.25, 0.3) is 11.1 Å². The van der Waals surface area contributed by atoms with Gasteiger partial charge in [-0.15, -0.1) is 0 Å². The summed E-state index contributed by atoms with van der Waals surface area (Å²) in [5.41, 5.74) is 4.21. The fraction of sp³-hybridized carbons (Fsp3) is 0.458. The summed E-state index contributed by atoms with van der Waals surface area (Å²) in [5.74, 6) is 2.55. The predicted octanol–water partition coefficient (Wildman–Crippen LogP) is 4.03. The SMILES string of the molecule is Cc1ccc(CCNC(=O)[C@@H]2CCCN(c3nc(C)nc4oc(C)c(C)c34)C2)cc1. The van der Waals surface area contributed by atoms with Gasteiger partial charge in [0.05, 0.1) is 11.3 Å². The highest BCUT2D eigenvalue weighted by molar-refractivity contribution is 5.90. The molecule has 1 saturated heterocycles. The Labute approximate surface area is 177 Å². The molecule has 1 aliphatic heterocycles. The number of rotatable bonds is 5. The van der Waals surface area contributed by atoms with Crippen LogP contribution >= 0.6 is 0 Å². The number of anilines is 1. The largest absolute Gasteiger partial charge is 0.443 e. The zero-order valence-corrected chi connectivity index (χ0v) is 18.3. The lowest BCUT2D eigenvalue weighted by Crippen LogP contribution is -2.44. The number of amides is 1. The number of nitrogens with one attached hydrogen (secondary N) is 1. The topological polar surface area (TPSA) is 71.3 Å². The van der Waals surface area contributed by atoms with Crippen LogP contribution in [0.5, 0.6) is 0 Å². The van der Waals surface area contributed by atoms with E-state index in [1.165, 1.54) is 11.1 Å². The highest BCUT2D eigenvalue weighted by atomic mass is 16.3. The molecule has 0 radical (unpaired) electrons. The van der Waals surface area contributed by atoms with E-state index in [1.807, 2.05) is 20.8 Å². The van der Waals surface area contributed by atoms with Gasteiger partial charge in [0, 0.05) is 25.2 Å². The van der Waals surface area contributed by atoms with Crippen molar-refractivity contribution in [3.05, 3.63) is 52.5 Å². The zero-order valence-electron chi connectivity index (χ0n) is 18.3. The Hall–Kier alpha value is -2.89. The van der Waals surface area contributed by atoms with Crippen LogP contribution < -0.4 is 10.2 Å². The molecular weight excluding hydrogens is 376 g/mol. The van der Waals surface area contributed by atoms with E-state index in [9.17, 15) is 4.79 Å². The monoisotopic (exact) mass is 406 g/mol. The van der Waals surface area contributed by atoms with Crippen LogP contribution in [0, 0.1) is 33.6 Å². The molecule has 6 nitrogen and oxygen atoms in total. The Morgan fingerprint density at radius 3 is 2.70 bits per heavy atom. The van der Waals surface area contributed by atoms with Gasteiger partial charge < -0.3 is 14.6 Å². The smallest absolute Gasteiger partial charge is 0.231 e. The molecule has 1 N–H and O–H groups in total. The van der Waals surface area contributed by atoms with E-state index in [0.29, 0.717) is 24.6 Å². The molecule has 1 aliphatic rings. The molecule has 1 atom stereocenters. The van der Waals surface area contributed by atoms with Crippen molar-refractivity contribution in [1.82, 2.24) is 15.3 Å². The van der Waals surface area contributed by atoms with Crippen LogP contribution in [-0.2, 0) is 11.2 Å². The molecule has 3 aromatic rings. The molecule has 0 bridgehead atoms. The first-order valence-electron chi connectivity index (χ1n) is 10.7. The molecule has 0 aliphatic carbocycles. The number of carbonyl (C=O) groups excluding carboxylic acids is 1. The van der Waals surface area contributed by atoms with Crippen LogP contribution in [0.15, 0.2) is 28.7 Å². The van der Waals surface area contributed by atoms with Crippen LogP contribution in [0.4, 0.5) is 5.82 Å². The first kappa shape index (κ1) is 20.4. The van der Waals surface area contributed by atoms with Crippen molar-refractivity contribution in [3.63, 3.8) is 0 Å². The number of hydrogen-bond acceptors (Lipinski definition) is 5. The van der Waals surface area contributed by atoms with Crippen LogP contribution in [0.1, 0.15) is 41.1 Å². The molecule has 0 saturated carbocycles. The summed E-state index contributed by atoms with van der Waals surface area (Å²) in [6.45, 7) is 10.2.